The number of rotatable bonds is 6. The normalized spacial score (nSPS) is 18.0. The second kappa shape index (κ2) is 6.76. The van der Waals surface area contributed by atoms with Crippen molar-refractivity contribution < 1.29 is 9.66 Å². The number of benzene rings is 1. The number of hydrogen-bond donors (Lipinski definition) is 1. The van der Waals surface area contributed by atoms with Crippen LogP contribution in [0.4, 0.5) is 11.4 Å². The molecule has 0 aromatic heterocycles. The Morgan fingerprint density at radius 1 is 1.52 bits per heavy atom. The van der Waals surface area contributed by atoms with Crippen molar-refractivity contribution in [3.63, 3.8) is 0 Å². The van der Waals surface area contributed by atoms with Crippen molar-refractivity contribution in [1.29, 1.82) is 0 Å². The van der Waals surface area contributed by atoms with E-state index in [2.05, 4.69) is 24.1 Å². The maximum atomic E-state index is 11.3. The lowest BCUT2D eigenvalue weighted by Gasteiger charge is -2.31. The number of methoxy groups -OCH3 is 1. The van der Waals surface area contributed by atoms with E-state index >= 15 is 0 Å². The molecule has 0 aliphatic carbocycles. The Morgan fingerprint density at radius 2 is 2.29 bits per heavy atom. The highest BCUT2D eigenvalue weighted by atomic mass is 16.6. The van der Waals surface area contributed by atoms with Crippen LogP contribution in [0.3, 0.4) is 0 Å². The number of nitro groups is 1. The lowest BCUT2D eigenvalue weighted by Crippen LogP contribution is -2.41. The van der Waals surface area contributed by atoms with Crippen molar-refractivity contribution in [3.8, 4) is 5.75 Å². The monoisotopic (exact) mass is 293 g/mol. The lowest BCUT2D eigenvalue weighted by atomic mass is 10.1. The number of ether oxygens (including phenoxy) is 1. The van der Waals surface area contributed by atoms with Gasteiger partial charge < -0.3 is 15.0 Å². The van der Waals surface area contributed by atoms with Gasteiger partial charge in [-0.3, -0.25) is 10.1 Å². The Bertz CT molecular complexity index is 499. The molecule has 116 valence electrons. The van der Waals surface area contributed by atoms with Crippen LogP contribution < -0.4 is 15.0 Å². The summed E-state index contributed by atoms with van der Waals surface area (Å²) in [6, 6.07) is 5.48. The summed E-state index contributed by atoms with van der Waals surface area (Å²) in [5.74, 6) is 0.639. The van der Waals surface area contributed by atoms with E-state index in [0.717, 1.165) is 25.9 Å². The number of nitro benzene ring substituents is 1. The second-order valence-electron chi connectivity index (χ2n) is 5.65. The van der Waals surface area contributed by atoms with Gasteiger partial charge in [0.05, 0.1) is 12.0 Å². The lowest BCUT2D eigenvalue weighted by molar-refractivity contribution is -0.384. The first kappa shape index (κ1) is 15.6. The summed E-state index contributed by atoms with van der Waals surface area (Å²) in [4.78, 5) is 13.1. The first-order valence-corrected chi connectivity index (χ1v) is 7.35. The maximum Gasteiger partial charge on any atom is 0.292 e. The molecule has 0 saturated carbocycles. The van der Waals surface area contributed by atoms with Gasteiger partial charge in [0.2, 0.25) is 0 Å². The van der Waals surface area contributed by atoms with Crippen molar-refractivity contribution in [1.82, 2.24) is 5.32 Å². The molecule has 1 aliphatic rings. The third kappa shape index (κ3) is 3.64. The SMILES string of the molecule is COc1ccc([N+](=O)[O-])c(N(CC2CCCN2)C(C)C)c1. The summed E-state index contributed by atoms with van der Waals surface area (Å²) >= 11 is 0. The molecule has 21 heavy (non-hydrogen) atoms. The van der Waals surface area contributed by atoms with E-state index < -0.39 is 0 Å². The zero-order valence-electron chi connectivity index (χ0n) is 12.8. The van der Waals surface area contributed by atoms with Crippen molar-refractivity contribution in [2.24, 2.45) is 0 Å². The Kier molecular flexibility index (Phi) is 5.01. The van der Waals surface area contributed by atoms with Gasteiger partial charge in [0.15, 0.2) is 0 Å². The molecule has 6 heteroatoms. The first-order valence-electron chi connectivity index (χ1n) is 7.35. The molecule has 1 atom stereocenters. The molecule has 1 heterocycles. The summed E-state index contributed by atoms with van der Waals surface area (Å²) in [5.41, 5.74) is 0.755. The third-order valence-corrected chi connectivity index (χ3v) is 3.89. The summed E-state index contributed by atoms with van der Waals surface area (Å²) in [5, 5.41) is 14.8. The number of nitrogens with one attached hydrogen (secondary N) is 1. The van der Waals surface area contributed by atoms with E-state index in [1.165, 1.54) is 6.07 Å². The molecule has 2 rings (SSSR count). The molecule has 1 fully saturated rings. The highest BCUT2D eigenvalue weighted by molar-refractivity contribution is 5.66. The summed E-state index contributed by atoms with van der Waals surface area (Å²) in [7, 11) is 1.57. The van der Waals surface area contributed by atoms with Gasteiger partial charge in [0.25, 0.3) is 5.69 Å². The van der Waals surface area contributed by atoms with E-state index in [9.17, 15) is 10.1 Å². The van der Waals surface area contributed by atoms with Crippen LogP contribution >= 0.6 is 0 Å². The quantitative estimate of drug-likeness (QED) is 0.645. The van der Waals surface area contributed by atoms with Crippen molar-refractivity contribution in [2.45, 2.75) is 38.8 Å². The van der Waals surface area contributed by atoms with E-state index in [1.54, 1.807) is 19.2 Å². The Labute approximate surface area is 125 Å². The molecular weight excluding hydrogens is 270 g/mol. The average Bonchev–Trinajstić information content (AvgIpc) is 2.96. The molecule has 0 radical (unpaired) electrons. The van der Waals surface area contributed by atoms with Crippen molar-refractivity contribution >= 4 is 11.4 Å². The minimum Gasteiger partial charge on any atom is -0.497 e. The molecule has 1 N–H and O–H groups in total. The third-order valence-electron chi connectivity index (χ3n) is 3.89. The molecule has 0 amide bonds. The zero-order valence-corrected chi connectivity index (χ0v) is 12.8. The van der Waals surface area contributed by atoms with Gasteiger partial charge in [0, 0.05) is 30.8 Å². The van der Waals surface area contributed by atoms with Crippen LogP contribution in [0.5, 0.6) is 5.75 Å². The first-order chi connectivity index (χ1) is 10.0. The molecule has 1 unspecified atom stereocenters. The summed E-state index contributed by atoms with van der Waals surface area (Å²) in [6.45, 7) is 5.90. The number of hydrogen-bond acceptors (Lipinski definition) is 5. The Balaban J connectivity index is 2.34. The Hall–Kier alpha value is -1.82. The van der Waals surface area contributed by atoms with Gasteiger partial charge in [-0.25, -0.2) is 0 Å². The number of nitrogens with zero attached hydrogens (tertiary/aromatic N) is 2. The largest absolute Gasteiger partial charge is 0.497 e. The van der Waals surface area contributed by atoms with Crippen LogP contribution in [0.15, 0.2) is 18.2 Å². The molecule has 1 aromatic carbocycles. The smallest absolute Gasteiger partial charge is 0.292 e. The zero-order chi connectivity index (χ0) is 15.4. The predicted molar refractivity (Wildman–Crippen MR) is 83.2 cm³/mol. The molecule has 1 aliphatic heterocycles. The van der Waals surface area contributed by atoms with Crippen LogP contribution in [0.1, 0.15) is 26.7 Å². The molecule has 1 saturated heterocycles. The standard InChI is InChI=1S/C15H23N3O3/c1-11(2)17(10-12-5-4-8-16-12)15-9-13(21-3)6-7-14(15)18(19)20/h6-7,9,11-12,16H,4-5,8,10H2,1-3H3. The molecule has 6 nitrogen and oxygen atoms in total. The summed E-state index contributed by atoms with van der Waals surface area (Å²) in [6.07, 6.45) is 2.28. The fourth-order valence-corrected chi connectivity index (χ4v) is 2.75. The van der Waals surface area contributed by atoms with Crippen LogP contribution in [0.2, 0.25) is 0 Å². The highest BCUT2D eigenvalue weighted by Gasteiger charge is 2.26. The second-order valence-corrected chi connectivity index (χ2v) is 5.65. The number of anilines is 1. The Morgan fingerprint density at radius 3 is 2.81 bits per heavy atom. The average molecular weight is 293 g/mol. The fourth-order valence-electron chi connectivity index (χ4n) is 2.75. The van der Waals surface area contributed by atoms with Gasteiger partial charge in [-0.15, -0.1) is 0 Å². The van der Waals surface area contributed by atoms with Crippen molar-refractivity contribution in [3.05, 3.63) is 28.3 Å². The highest BCUT2D eigenvalue weighted by Crippen LogP contribution is 2.33. The molecule has 0 bridgehead atoms. The topological polar surface area (TPSA) is 67.6 Å². The van der Waals surface area contributed by atoms with Gasteiger partial charge in [0.1, 0.15) is 11.4 Å². The van der Waals surface area contributed by atoms with Crippen LogP contribution in [-0.2, 0) is 0 Å². The van der Waals surface area contributed by atoms with E-state index in [0.29, 0.717) is 17.5 Å². The van der Waals surface area contributed by atoms with Gasteiger partial charge in [-0.05, 0) is 39.3 Å². The van der Waals surface area contributed by atoms with Gasteiger partial charge >= 0.3 is 0 Å². The van der Waals surface area contributed by atoms with E-state index in [-0.39, 0.29) is 16.7 Å². The van der Waals surface area contributed by atoms with E-state index in [1.807, 2.05) is 0 Å². The van der Waals surface area contributed by atoms with Gasteiger partial charge in [-0.2, -0.15) is 0 Å². The van der Waals surface area contributed by atoms with Crippen molar-refractivity contribution in [2.75, 3.05) is 25.1 Å². The van der Waals surface area contributed by atoms with Gasteiger partial charge in [-0.1, -0.05) is 0 Å². The molecule has 1 aromatic rings. The van der Waals surface area contributed by atoms with Crippen LogP contribution in [0.25, 0.3) is 0 Å². The van der Waals surface area contributed by atoms with Crippen LogP contribution in [-0.4, -0.2) is 37.2 Å². The maximum absolute atomic E-state index is 11.3. The fraction of sp³-hybridized carbons (Fsp3) is 0.600. The van der Waals surface area contributed by atoms with E-state index in [4.69, 9.17) is 4.74 Å². The predicted octanol–water partition coefficient (Wildman–Crippen LogP) is 2.57. The molecule has 0 spiro atoms. The minimum absolute atomic E-state index is 0.127. The molecular formula is C15H23N3O3. The summed E-state index contributed by atoms with van der Waals surface area (Å²) < 4.78 is 5.22. The van der Waals surface area contributed by atoms with Crippen LogP contribution in [0, 0.1) is 10.1 Å². The minimum atomic E-state index is -0.327.